The van der Waals surface area contributed by atoms with Crippen LogP contribution in [0.25, 0.3) is 0 Å². The van der Waals surface area contributed by atoms with Crippen LogP contribution in [0.4, 0.5) is 21.0 Å². The van der Waals surface area contributed by atoms with Crippen LogP contribution >= 0.6 is 15.9 Å². The number of ether oxygens (including phenoxy) is 3. The summed E-state index contributed by atoms with van der Waals surface area (Å²) in [7, 11) is 0. The quantitative estimate of drug-likeness (QED) is 0.243. The van der Waals surface area contributed by atoms with Crippen molar-refractivity contribution in [3.8, 4) is 11.8 Å². The van der Waals surface area contributed by atoms with Gasteiger partial charge in [0.25, 0.3) is 0 Å². The summed E-state index contributed by atoms with van der Waals surface area (Å²) < 4.78 is 18.1. The number of nitrogens with zero attached hydrogens (tertiary/aromatic N) is 1. The number of halogens is 1. The Morgan fingerprint density at radius 1 is 0.909 bits per heavy atom. The van der Waals surface area contributed by atoms with E-state index in [0.717, 1.165) is 0 Å². The number of amides is 4. The van der Waals surface area contributed by atoms with Crippen LogP contribution in [-0.2, 0) is 19.1 Å². The number of carbonyl (C=O) groups excluding carboxylic acids is 4. The molecule has 0 spiro atoms. The summed E-state index contributed by atoms with van der Waals surface area (Å²) in [6.07, 6.45) is -4.04. The van der Waals surface area contributed by atoms with Gasteiger partial charge in [0, 0.05) is 36.3 Å². The van der Waals surface area contributed by atoms with Gasteiger partial charge in [0.2, 0.25) is 11.8 Å². The molecular weight excluding hydrogens is 634 g/mol. The number of benzene rings is 3. The van der Waals surface area contributed by atoms with Crippen molar-refractivity contribution in [2.75, 3.05) is 17.2 Å². The molecule has 44 heavy (non-hydrogen) atoms. The Morgan fingerprint density at radius 2 is 1.52 bits per heavy atom. The van der Waals surface area contributed by atoms with Crippen molar-refractivity contribution in [1.82, 2.24) is 5.32 Å². The number of hydrogen-bond acceptors (Lipinski definition) is 8. The van der Waals surface area contributed by atoms with Crippen LogP contribution in [0.15, 0.2) is 95.0 Å². The van der Waals surface area contributed by atoms with E-state index in [2.05, 4.69) is 31.9 Å². The minimum Gasteiger partial charge on any atom is -0.481 e. The Bertz CT molecular complexity index is 1580. The fourth-order valence-corrected chi connectivity index (χ4v) is 4.72. The van der Waals surface area contributed by atoms with Crippen molar-refractivity contribution >= 4 is 51.3 Å². The van der Waals surface area contributed by atoms with Gasteiger partial charge in [0.1, 0.15) is 11.9 Å². The summed E-state index contributed by atoms with van der Waals surface area (Å²) in [5.41, 5.74) is 6.64. The van der Waals surface area contributed by atoms with Crippen LogP contribution < -0.4 is 26.4 Å². The molecule has 0 aliphatic heterocycles. The molecule has 0 saturated heterocycles. The first kappa shape index (κ1) is 31.6. The Kier molecular flexibility index (Phi) is 10.9. The van der Waals surface area contributed by atoms with Gasteiger partial charge in [0.05, 0.1) is 16.1 Å². The zero-order chi connectivity index (χ0) is 31.5. The molecule has 0 radical (unpaired) electrons. The summed E-state index contributed by atoms with van der Waals surface area (Å²) in [6.45, 7) is -0.0162. The highest BCUT2D eigenvalue weighted by Crippen LogP contribution is 2.32. The maximum Gasteiger partial charge on any atom is 0.412 e. The highest BCUT2D eigenvalue weighted by Gasteiger charge is 2.42. The molecule has 1 aliphatic carbocycles. The topological polar surface area (TPSA) is 182 Å². The Labute approximate surface area is 261 Å². The van der Waals surface area contributed by atoms with Gasteiger partial charge < -0.3 is 25.3 Å². The minimum absolute atomic E-state index is 0.0162. The fourth-order valence-electron chi connectivity index (χ4n) is 4.25. The number of nitrogens with two attached hydrogens (primary N) is 1. The lowest BCUT2D eigenvalue weighted by atomic mass is 9.91. The lowest BCUT2D eigenvalue weighted by Gasteiger charge is -2.35. The molecule has 13 heteroatoms. The summed E-state index contributed by atoms with van der Waals surface area (Å²) >= 11 is 3.38. The molecule has 226 valence electrons. The van der Waals surface area contributed by atoms with Crippen LogP contribution in [0.1, 0.15) is 18.4 Å². The molecule has 0 fully saturated rings. The Hall–Kier alpha value is -5.35. The van der Waals surface area contributed by atoms with E-state index in [1.807, 2.05) is 6.07 Å². The predicted octanol–water partition coefficient (Wildman–Crippen LogP) is 4.62. The third-order valence-electron chi connectivity index (χ3n) is 6.29. The van der Waals surface area contributed by atoms with Crippen LogP contribution in [0.3, 0.4) is 0 Å². The van der Waals surface area contributed by atoms with Gasteiger partial charge in [0.15, 0.2) is 12.2 Å². The predicted molar refractivity (Wildman–Crippen MR) is 163 cm³/mol. The van der Waals surface area contributed by atoms with Gasteiger partial charge in [-0.05, 0) is 64.5 Å². The second-order valence-corrected chi connectivity index (χ2v) is 10.4. The zero-order valence-corrected chi connectivity index (χ0v) is 24.8. The van der Waals surface area contributed by atoms with Crippen LogP contribution in [-0.4, -0.2) is 48.9 Å². The number of rotatable bonds is 10. The number of carbonyl (C=O) groups is 4. The fraction of sp³-hybridized carbons (Fsp3) is 0.194. The summed E-state index contributed by atoms with van der Waals surface area (Å²) in [6, 6.07) is 23.8. The van der Waals surface area contributed by atoms with Crippen molar-refractivity contribution < 1.29 is 33.4 Å². The first-order chi connectivity index (χ1) is 21.2. The molecular formula is C31H28BrN5O7. The lowest BCUT2D eigenvalue weighted by Crippen LogP contribution is -2.50. The average Bonchev–Trinajstić information content (AvgIpc) is 3.00. The van der Waals surface area contributed by atoms with Crippen molar-refractivity contribution in [2.24, 2.45) is 5.73 Å². The molecule has 3 aromatic rings. The SMILES string of the molecule is N#Cc1ccc(OC2C=C(C(=O)NCCC(N)=O)CC(OC(=O)Nc3ccccc3)C2OC(=O)Nc2ccccc2)c(Br)c1. The molecule has 0 aromatic heterocycles. The van der Waals surface area contributed by atoms with E-state index < -0.39 is 42.3 Å². The standard InChI is InChI=1S/C31H28BrN5O7/c32-23-15-19(18-33)11-12-24(23)42-25-16-20(29(39)35-14-13-27(34)38)17-26(43-30(40)36-21-7-3-1-4-8-21)28(25)44-31(41)37-22-9-5-2-6-10-22/h1-12,15-16,25-26,28H,13-14,17H2,(H2,34,38)(H,35,39)(H,36,40)(H,37,41). The summed E-state index contributed by atoms with van der Waals surface area (Å²) in [4.78, 5) is 50.3. The first-order valence-electron chi connectivity index (χ1n) is 13.4. The van der Waals surface area contributed by atoms with E-state index in [1.54, 1.807) is 66.7 Å². The number of hydrogen-bond donors (Lipinski definition) is 4. The largest absolute Gasteiger partial charge is 0.481 e. The Balaban J connectivity index is 1.66. The second-order valence-electron chi connectivity index (χ2n) is 9.50. The average molecular weight is 662 g/mol. The Morgan fingerprint density at radius 3 is 2.09 bits per heavy atom. The highest BCUT2D eigenvalue weighted by molar-refractivity contribution is 9.10. The van der Waals surface area contributed by atoms with E-state index in [-0.39, 0.29) is 30.7 Å². The second kappa shape index (κ2) is 15.2. The van der Waals surface area contributed by atoms with E-state index >= 15 is 0 Å². The normalized spacial score (nSPS) is 17.2. The van der Waals surface area contributed by atoms with Crippen LogP contribution in [0, 0.1) is 11.3 Å². The van der Waals surface area contributed by atoms with Crippen molar-refractivity contribution in [2.45, 2.75) is 31.2 Å². The van der Waals surface area contributed by atoms with Crippen LogP contribution in [0.2, 0.25) is 0 Å². The number of nitriles is 1. The molecule has 4 amide bonds. The third kappa shape index (κ3) is 9.07. The van der Waals surface area contributed by atoms with E-state index in [1.165, 1.54) is 18.2 Å². The number of para-hydroxylation sites is 2. The molecule has 5 N–H and O–H groups in total. The number of nitrogens with one attached hydrogen (secondary N) is 3. The molecule has 12 nitrogen and oxygen atoms in total. The maximum atomic E-state index is 13.1. The van der Waals surface area contributed by atoms with Gasteiger partial charge in [-0.3, -0.25) is 20.2 Å². The first-order valence-corrected chi connectivity index (χ1v) is 14.2. The zero-order valence-electron chi connectivity index (χ0n) is 23.2. The molecule has 3 aromatic carbocycles. The van der Waals surface area contributed by atoms with E-state index in [4.69, 9.17) is 19.9 Å². The number of primary amides is 1. The highest BCUT2D eigenvalue weighted by atomic mass is 79.9. The molecule has 0 bridgehead atoms. The smallest absolute Gasteiger partial charge is 0.412 e. The van der Waals surface area contributed by atoms with Gasteiger partial charge in [-0.1, -0.05) is 36.4 Å². The van der Waals surface area contributed by atoms with Gasteiger partial charge in [-0.15, -0.1) is 0 Å². The molecule has 3 unspecified atom stereocenters. The van der Waals surface area contributed by atoms with Crippen LogP contribution in [0.5, 0.6) is 5.75 Å². The molecule has 4 rings (SSSR count). The number of anilines is 2. The van der Waals surface area contributed by atoms with Gasteiger partial charge in [-0.2, -0.15) is 5.26 Å². The molecule has 0 heterocycles. The van der Waals surface area contributed by atoms with Gasteiger partial charge in [-0.25, -0.2) is 9.59 Å². The minimum atomic E-state index is -1.23. The summed E-state index contributed by atoms with van der Waals surface area (Å²) in [5, 5.41) is 17.1. The lowest BCUT2D eigenvalue weighted by molar-refractivity contribution is -0.119. The maximum absolute atomic E-state index is 13.1. The molecule has 1 aliphatic rings. The van der Waals surface area contributed by atoms with Crippen molar-refractivity contribution in [3.63, 3.8) is 0 Å². The summed E-state index contributed by atoms with van der Waals surface area (Å²) in [5.74, 6) is -0.875. The van der Waals surface area contributed by atoms with E-state index in [0.29, 0.717) is 21.4 Å². The third-order valence-corrected chi connectivity index (χ3v) is 6.91. The van der Waals surface area contributed by atoms with Crippen molar-refractivity contribution in [3.05, 3.63) is 101 Å². The monoisotopic (exact) mass is 661 g/mol. The van der Waals surface area contributed by atoms with E-state index in [9.17, 15) is 24.4 Å². The van der Waals surface area contributed by atoms with Gasteiger partial charge >= 0.3 is 12.2 Å². The molecule has 0 saturated carbocycles. The molecule has 3 atom stereocenters. The van der Waals surface area contributed by atoms with Crippen molar-refractivity contribution in [1.29, 1.82) is 5.26 Å².